The molecule has 0 bridgehead atoms. The molecule has 0 radical (unpaired) electrons. The number of rotatable bonds is 9. The van der Waals surface area contributed by atoms with Gasteiger partial charge in [-0.15, -0.1) is 0 Å². The normalized spacial score (nSPS) is 13.0. The summed E-state index contributed by atoms with van der Waals surface area (Å²) >= 11 is 0. The van der Waals surface area contributed by atoms with Gasteiger partial charge in [0.25, 0.3) is 0 Å². The Morgan fingerprint density at radius 2 is 1.45 bits per heavy atom. The molecule has 9 heteroatoms. The lowest BCUT2D eigenvalue weighted by Crippen LogP contribution is -2.51. The summed E-state index contributed by atoms with van der Waals surface area (Å²) in [6.07, 6.45) is -0.534. The number of aryl methyl sites for hydroxylation is 1. The Morgan fingerprint density at radius 1 is 0.850 bits per heavy atom. The van der Waals surface area contributed by atoms with E-state index in [9.17, 15) is 19.2 Å². The van der Waals surface area contributed by atoms with Gasteiger partial charge < -0.3 is 25.0 Å². The Balaban J connectivity index is 2.38. The van der Waals surface area contributed by atoms with E-state index in [0.717, 1.165) is 16.7 Å². The molecule has 218 valence electrons. The minimum absolute atomic E-state index is 0.207. The van der Waals surface area contributed by atoms with Crippen LogP contribution in [0.3, 0.4) is 0 Å². The fourth-order valence-corrected chi connectivity index (χ4v) is 3.99. The minimum Gasteiger partial charge on any atom is -0.458 e. The quantitative estimate of drug-likeness (QED) is 0.445. The molecule has 2 N–H and O–H groups in total. The number of carbonyl (C=O) groups is 4. The van der Waals surface area contributed by atoms with Crippen LogP contribution >= 0.6 is 0 Å². The van der Waals surface area contributed by atoms with Crippen molar-refractivity contribution in [1.82, 2.24) is 15.5 Å². The smallest absolute Gasteiger partial charge is 0.408 e. The highest BCUT2D eigenvalue weighted by atomic mass is 16.6. The van der Waals surface area contributed by atoms with Gasteiger partial charge in [0.15, 0.2) is 0 Å². The lowest BCUT2D eigenvalue weighted by Gasteiger charge is -2.31. The fourth-order valence-electron chi connectivity index (χ4n) is 3.99. The molecule has 40 heavy (non-hydrogen) atoms. The van der Waals surface area contributed by atoms with Crippen molar-refractivity contribution in [3.05, 3.63) is 70.8 Å². The molecule has 2 aromatic carbocycles. The SMILES string of the molecule is Cc1cccc(C(C(=O)NC(Cc2ccccc2)C(=O)OC(C)(C)C)N(C)C(=O)CNC(=O)OC(C)(C)C)c1C. The zero-order valence-electron chi connectivity index (χ0n) is 25.1. The van der Waals surface area contributed by atoms with Gasteiger partial charge in [-0.25, -0.2) is 9.59 Å². The van der Waals surface area contributed by atoms with Crippen LogP contribution < -0.4 is 10.6 Å². The van der Waals surface area contributed by atoms with Crippen molar-refractivity contribution in [3.63, 3.8) is 0 Å². The minimum atomic E-state index is -1.08. The summed E-state index contributed by atoms with van der Waals surface area (Å²) in [4.78, 5) is 53.7. The van der Waals surface area contributed by atoms with Crippen LogP contribution in [-0.2, 0) is 30.3 Å². The number of likely N-dealkylation sites (N-methyl/N-ethyl adjacent to an activating group) is 1. The van der Waals surface area contributed by atoms with Crippen LogP contribution in [0, 0.1) is 13.8 Å². The molecule has 0 saturated carbocycles. The first-order valence-corrected chi connectivity index (χ1v) is 13.3. The maximum atomic E-state index is 13.9. The summed E-state index contributed by atoms with van der Waals surface area (Å²) in [6.45, 7) is 13.9. The van der Waals surface area contributed by atoms with Crippen LogP contribution in [0.25, 0.3) is 0 Å². The monoisotopic (exact) mass is 553 g/mol. The molecule has 0 aromatic heterocycles. The third kappa shape index (κ3) is 10.0. The first-order valence-electron chi connectivity index (χ1n) is 13.3. The van der Waals surface area contributed by atoms with E-state index in [-0.39, 0.29) is 13.0 Å². The van der Waals surface area contributed by atoms with Gasteiger partial charge in [-0.05, 0) is 77.6 Å². The number of nitrogens with one attached hydrogen (secondary N) is 2. The van der Waals surface area contributed by atoms with Gasteiger partial charge in [0.1, 0.15) is 29.8 Å². The standard InChI is InChI=1S/C31H43N3O6/c1-20-14-13-17-23(21(20)2)26(34(9)25(35)19-32-29(38)40-31(6,7)8)27(36)33-24(28(37)39-30(3,4)5)18-22-15-11-10-12-16-22/h10-17,24,26H,18-19H2,1-9H3,(H,32,38)(H,33,36). The Hall–Kier alpha value is -3.88. The lowest BCUT2D eigenvalue weighted by atomic mass is 9.95. The Kier molecular flexibility index (Phi) is 10.9. The third-order valence-corrected chi connectivity index (χ3v) is 6.04. The highest BCUT2D eigenvalue weighted by Gasteiger charge is 2.34. The van der Waals surface area contributed by atoms with Crippen molar-refractivity contribution in [2.45, 2.75) is 85.1 Å². The summed E-state index contributed by atoms with van der Waals surface area (Å²) in [7, 11) is 1.49. The van der Waals surface area contributed by atoms with Crippen LogP contribution in [-0.4, -0.2) is 59.6 Å². The van der Waals surface area contributed by atoms with Crippen molar-refractivity contribution >= 4 is 23.9 Å². The zero-order chi connectivity index (χ0) is 30.3. The summed E-state index contributed by atoms with van der Waals surface area (Å²) in [5.41, 5.74) is 1.73. The van der Waals surface area contributed by atoms with Gasteiger partial charge in [-0.3, -0.25) is 9.59 Å². The molecule has 3 amide bonds. The highest BCUT2D eigenvalue weighted by molar-refractivity contribution is 5.93. The first kappa shape index (κ1) is 32.3. The number of ether oxygens (including phenoxy) is 2. The number of hydrogen-bond donors (Lipinski definition) is 2. The van der Waals surface area contributed by atoms with E-state index in [1.165, 1.54) is 11.9 Å². The fraction of sp³-hybridized carbons (Fsp3) is 0.484. The molecule has 2 aromatic rings. The average Bonchev–Trinajstić information content (AvgIpc) is 2.83. The van der Waals surface area contributed by atoms with Gasteiger partial charge in [0, 0.05) is 13.5 Å². The number of carbonyl (C=O) groups excluding carboxylic acids is 4. The number of esters is 1. The molecule has 2 rings (SSSR count). The number of nitrogens with zero attached hydrogens (tertiary/aromatic N) is 1. The van der Waals surface area contributed by atoms with Gasteiger partial charge in [-0.1, -0.05) is 48.5 Å². The number of alkyl carbamates (subject to hydrolysis) is 1. The van der Waals surface area contributed by atoms with Crippen molar-refractivity contribution in [2.24, 2.45) is 0 Å². The van der Waals surface area contributed by atoms with Gasteiger partial charge >= 0.3 is 12.1 Å². The Labute approximate surface area is 237 Å². The molecule has 0 aliphatic carbocycles. The molecule has 0 aliphatic heterocycles. The van der Waals surface area contributed by atoms with Crippen LogP contribution in [0.4, 0.5) is 4.79 Å². The number of benzene rings is 2. The van der Waals surface area contributed by atoms with Gasteiger partial charge in [-0.2, -0.15) is 0 Å². The van der Waals surface area contributed by atoms with Gasteiger partial charge in [0.2, 0.25) is 11.8 Å². The molecule has 0 saturated heterocycles. The van der Waals surface area contributed by atoms with E-state index < -0.39 is 47.2 Å². The second-order valence-electron chi connectivity index (χ2n) is 11.8. The second-order valence-corrected chi connectivity index (χ2v) is 11.8. The maximum Gasteiger partial charge on any atom is 0.408 e. The molecule has 0 heterocycles. The topological polar surface area (TPSA) is 114 Å². The molecule has 2 atom stereocenters. The molecule has 2 unspecified atom stereocenters. The summed E-state index contributed by atoms with van der Waals surface area (Å²) in [6, 6.07) is 12.7. The largest absolute Gasteiger partial charge is 0.458 e. The van der Waals surface area contributed by atoms with E-state index >= 15 is 0 Å². The Morgan fingerprint density at radius 3 is 2.02 bits per heavy atom. The average molecular weight is 554 g/mol. The summed E-state index contributed by atoms with van der Waals surface area (Å²) in [5, 5.41) is 5.30. The summed E-state index contributed by atoms with van der Waals surface area (Å²) < 4.78 is 10.8. The zero-order valence-corrected chi connectivity index (χ0v) is 25.1. The third-order valence-electron chi connectivity index (χ3n) is 6.04. The maximum absolute atomic E-state index is 13.9. The van der Waals surface area contributed by atoms with Crippen molar-refractivity contribution in [2.75, 3.05) is 13.6 Å². The second kappa shape index (κ2) is 13.5. The predicted octanol–water partition coefficient (Wildman–Crippen LogP) is 4.40. The van der Waals surface area contributed by atoms with Crippen LogP contribution in [0.5, 0.6) is 0 Å². The van der Waals surface area contributed by atoms with Crippen molar-refractivity contribution < 1.29 is 28.7 Å². The highest BCUT2D eigenvalue weighted by Crippen LogP contribution is 2.26. The number of amides is 3. The van der Waals surface area contributed by atoms with Crippen LogP contribution in [0.15, 0.2) is 48.5 Å². The van der Waals surface area contributed by atoms with E-state index in [1.54, 1.807) is 47.6 Å². The van der Waals surface area contributed by atoms with E-state index in [4.69, 9.17) is 9.47 Å². The molecule has 0 aliphatic rings. The van der Waals surface area contributed by atoms with Crippen molar-refractivity contribution in [3.8, 4) is 0 Å². The molecule has 9 nitrogen and oxygen atoms in total. The van der Waals surface area contributed by atoms with Crippen LogP contribution in [0.2, 0.25) is 0 Å². The molecular formula is C31H43N3O6. The van der Waals surface area contributed by atoms with Gasteiger partial charge in [0.05, 0.1) is 0 Å². The Bertz CT molecular complexity index is 1200. The number of hydrogen-bond acceptors (Lipinski definition) is 6. The molecular weight excluding hydrogens is 510 g/mol. The van der Waals surface area contributed by atoms with E-state index in [0.29, 0.717) is 5.56 Å². The first-order chi connectivity index (χ1) is 18.5. The van der Waals surface area contributed by atoms with E-state index in [1.807, 2.05) is 56.3 Å². The lowest BCUT2D eigenvalue weighted by molar-refractivity contribution is -0.159. The van der Waals surface area contributed by atoms with Crippen LogP contribution in [0.1, 0.15) is 69.8 Å². The molecule has 0 fully saturated rings. The van der Waals surface area contributed by atoms with E-state index in [2.05, 4.69) is 10.6 Å². The van der Waals surface area contributed by atoms with Crippen molar-refractivity contribution in [1.29, 1.82) is 0 Å². The molecule has 0 spiro atoms. The predicted molar refractivity (Wildman–Crippen MR) is 154 cm³/mol. The summed E-state index contributed by atoms with van der Waals surface area (Å²) in [5.74, 6) is -1.64.